The Balaban J connectivity index is 3.29. The van der Waals surface area contributed by atoms with Gasteiger partial charge in [0.05, 0.1) is 0 Å². The van der Waals surface area contributed by atoms with Gasteiger partial charge in [0.1, 0.15) is 10.0 Å². The van der Waals surface area contributed by atoms with Crippen LogP contribution >= 0.6 is 31.9 Å². The third kappa shape index (κ3) is 3.02. The average Bonchev–Trinajstić information content (AvgIpc) is 1.84. The normalized spacial score (nSPS) is 18.0. The lowest BCUT2D eigenvalue weighted by Crippen LogP contribution is -2.17. The van der Waals surface area contributed by atoms with Gasteiger partial charge in [-0.25, -0.2) is 0 Å². The molecule has 0 saturated heterocycles. The summed E-state index contributed by atoms with van der Waals surface area (Å²) in [5, 5.41) is -0.153. The molecule has 0 aliphatic heterocycles. The molecular weight excluding hydrogens is 240 g/mol. The van der Waals surface area contributed by atoms with Gasteiger partial charge in [0.2, 0.25) is 0 Å². The van der Waals surface area contributed by atoms with Crippen molar-refractivity contribution >= 4 is 31.9 Å². The molecule has 0 heterocycles. The molecule has 50 valence electrons. The van der Waals surface area contributed by atoms with Crippen molar-refractivity contribution in [3.8, 4) is 0 Å². The van der Waals surface area contributed by atoms with E-state index in [4.69, 9.17) is 9.47 Å². The van der Waals surface area contributed by atoms with Crippen LogP contribution in [0.4, 0.5) is 0 Å². The van der Waals surface area contributed by atoms with E-state index in [1.807, 2.05) is 0 Å². The first kappa shape index (κ1) is 8.88. The molecule has 0 amide bonds. The molecule has 0 radical (unpaired) electrons. The van der Waals surface area contributed by atoms with Crippen LogP contribution < -0.4 is 0 Å². The second-order valence-electron chi connectivity index (χ2n) is 1.17. The summed E-state index contributed by atoms with van der Waals surface area (Å²) in [4.78, 5) is 0. The molecular formula is C4H8Br2O2. The number of hydrogen-bond acceptors (Lipinski definition) is 2. The Kier molecular flexibility index (Phi) is 5.25. The van der Waals surface area contributed by atoms with E-state index in [-0.39, 0.29) is 10.0 Å². The number of hydrogen-bond donors (Lipinski definition) is 0. The summed E-state index contributed by atoms with van der Waals surface area (Å²) in [6.45, 7) is 0. The van der Waals surface area contributed by atoms with Gasteiger partial charge in [-0.15, -0.1) is 0 Å². The Morgan fingerprint density at radius 3 is 1.38 bits per heavy atom. The smallest absolute Gasteiger partial charge is 0.148 e. The Labute approximate surface area is 65.8 Å². The van der Waals surface area contributed by atoms with E-state index in [9.17, 15) is 0 Å². The van der Waals surface area contributed by atoms with Gasteiger partial charge >= 0.3 is 0 Å². The fourth-order valence-electron chi connectivity index (χ4n) is 0.214. The minimum atomic E-state index is -0.0764. The first-order valence-electron chi connectivity index (χ1n) is 2.06. The van der Waals surface area contributed by atoms with Crippen LogP contribution in [0.1, 0.15) is 0 Å². The predicted octanol–water partition coefficient (Wildman–Crippen LogP) is 1.72. The van der Waals surface area contributed by atoms with Gasteiger partial charge < -0.3 is 9.47 Å². The molecule has 0 spiro atoms. The van der Waals surface area contributed by atoms with E-state index >= 15 is 0 Å². The van der Waals surface area contributed by atoms with E-state index in [1.54, 1.807) is 14.2 Å². The van der Waals surface area contributed by atoms with E-state index in [0.717, 1.165) is 0 Å². The van der Waals surface area contributed by atoms with Crippen molar-refractivity contribution in [2.75, 3.05) is 14.2 Å². The monoisotopic (exact) mass is 246 g/mol. The number of alkyl halides is 2. The molecule has 0 rings (SSSR count). The largest absolute Gasteiger partial charge is 0.367 e. The molecule has 0 saturated carbocycles. The van der Waals surface area contributed by atoms with Gasteiger partial charge in [-0.2, -0.15) is 0 Å². The van der Waals surface area contributed by atoms with Crippen LogP contribution in [0.25, 0.3) is 0 Å². The molecule has 4 heteroatoms. The molecule has 0 aromatic rings. The van der Waals surface area contributed by atoms with E-state index < -0.39 is 0 Å². The molecule has 0 fully saturated rings. The van der Waals surface area contributed by atoms with Crippen molar-refractivity contribution in [2.24, 2.45) is 0 Å². The zero-order valence-corrected chi connectivity index (χ0v) is 7.90. The number of methoxy groups -OCH3 is 2. The SMILES string of the molecule is COC(Br)C(Br)OC. The lowest BCUT2D eigenvalue weighted by molar-refractivity contribution is 0.0683. The van der Waals surface area contributed by atoms with Gasteiger partial charge in [-0.05, 0) is 0 Å². The zero-order valence-electron chi connectivity index (χ0n) is 4.73. The van der Waals surface area contributed by atoms with Gasteiger partial charge in [0.25, 0.3) is 0 Å². The third-order valence-corrected chi connectivity index (χ3v) is 3.07. The Hall–Kier alpha value is 0.880. The maximum Gasteiger partial charge on any atom is 0.148 e. The highest BCUT2D eigenvalue weighted by Gasteiger charge is 2.11. The van der Waals surface area contributed by atoms with E-state index in [2.05, 4.69) is 31.9 Å². The zero-order chi connectivity index (χ0) is 6.57. The van der Waals surface area contributed by atoms with E-state index in [0.29, 0.717) is 0 Å². The first-order chi connectivity index (χ1) is 3.72. The summed E-state index contributed by atoms with van der Waals surface area (Å²) < 4.78 is 9.70. The molecule has 2 atom stereocenters. The van der Waals surface area contributed by atoms with Crippen molar-refractivity contribution in [3.63, 3.8) is 0 Å². The summed E-state index contributed by atoms with van der Waals surface area (Å²) in [5.41, 5.74) is 0. The minimum absolute atomic E-state index is 0.0764. The highest BCUT2D eigenvalue weighted by molar-refractivity contribution is 9.12. The predicted molar refractivity (Wildman–Crippen MR) is 39.4 cm³/mol. The van der Waals surface area contributed by atoms with Crippen molar-refractivity contribution in [2.45, 2.75) is 10.0 Å². The Morgan fingerprint density at radius 1 is 1.00 bits per heavy atom. The quantitative estimate of drug-likeness (QED) is 0.708. The van der Waals surface area contributed by atoms with Crippen LogP contribution in [-0.4, -0.2) is 24.2 Å². The summed E-state index contributed by atoms with van der Waals surface area (Å²) in [6.07, 6.45) is 0. The van der Waals surface area contributed by atoms with Crippen LogP contribution in [0.5, 0.6) is 0 Å². The summed E-state index contributed by atoms with van der Waals surface area (Å²) in [6, 6.07) is 0. The summed E-state index contributed by atoms with van der Waals surface area (Å²) in [7, 11) is 3.21. The number of ether oxygens (including phenoxy) is 2. The molecule has 2 unspecified atom stereocenters. The topological polar surface area (TPSA) is 18.5 Å². The maximum atomic E-state index is 4.85. The van der Waals surface area contributed by atoms with Crippen molar-refractivity contribution < 1.29 is 9.47 Å². The Morgan fingerprint density at radius 2 is 1.25 bits per heavy atom. The van der Waals surface area contributed by atoms with Crippen molar-refractivity contribution in [3.05, 3.63) is 0 Å². The second-order valence-corrected chi connectivity index (χ2v) is 2.98. The van der Waals surface area contributed by atoms with E-state index in [1.165, 1.54) is 0 Å². The van der Waals surface area contributed by atoms with Crippen molar-refractivity contribution in [1.82, 2.24) is 0 Å². The highest BCUT2D eigenvalue weighted by atomic mass is 79.9. The van der Waals surface area contributed by atoms with Gasteiger partial charge in [-0.1, -0.05) is 31.9 Å². The third-order valence-electron chi connectivity index (χ3n) is 0.656. The van der Waals surface area contributed by atoms with Crippen LogP contribution in [0.2, 0.25) is 0 Å². The molecule has 8 heavy (non-hydrogen) atoms. The van der Waals surface area contributed by atoms with Crippen LogP contribution in [0.3, 0.4) is 0 Å². The lowest BCUT2D eigenvalue weighted by atomic mass is 10.8. The molecule has 0 aromatic carbocycles. The van der Waals surface area contributed by atoms with Crippen molar-refractivity contribution in [1.29, 1.82) is 0 Å². The fourth-order valence-corrected chi connectivity index (χ4v) is 0.646. The number of halogens is 2. The molecule has 0 aliphatic rings. The first-order valence-corrected chi connectivity index (χ1v) is 3.89. The maximum absolute atomic E-state index is 4.85. The van der Waals surface area contributed by atoms with Crippen LogP contribution in [-0.2, 0) is 9.47 Å². The van der Waals surface area contributed by atoms with Crippen LogP contribution in [0.15, 0.2) is 0 Å². The van der Waals surface area contributed by atoms with Gasteiger partial charge in [0.15, 0.2) is 0 Å². The summed E-state index contributed by atoms with van der Waals surface area (Å²) in [5.74, 6) is 0. The standard InChI is InChI=1S/C4H8Br2O2/c1-7-3(5)4(6)8-2/h3-4H,1-2H3. The Bertz CT molecular complexity index is 52.0. The minimum Gasteiger partial charge on any atom is -0.367 e. The van der Waals surface area contributed by atoms with Gasteiger partial charge in [0, 0.05) is 14.2 Å². The molecule has 0 aliphatic carbocycles. The molecule has 2 nitrogen and oxygen atoms in total. The molecule has 0 N–H and O–H groups in total. The molecule has 0 aromatic heterocycles. The number of rotatable bonds is 3. The van der Waals surface area contributed by atoms with Crippen LogP contribution in [0, 0.1) is 0 Å². The average molecular weight is 248 g/mol. The van der Waals surface area contributed by atoms with Gasteiger partial charge in [-0.3, -0.25) is 0 Å². The second kappa shape index (κ2) is 4.73. The summed E-state index contributed by atoms with van der Waals surface area (Å²) >= 11 is 6.42. The molecule has 0 bridgehead atoms. The fraction of sp³-hybridized carbons (Fsp3) is 1.00. The highest BCUT2D eigenvalue weighted by Crippen LogP contribution is 2.14. The lowest BCUT2D eigenvalue weighted by Gasteiger charge is -2.11.